The molecule has 7 nitrogen and oxygen atoms in total. The number of rotatable bonds is 6. The molecule has 1 aromatic carbocycles. The van der Waals surface area contributed by atoms with Gasteiger partial charge in [-0.1, -0.05) is 31.0 Å². The predicted octanol–water partition coefficient (Wildman–Crippen LogP) is 3.41. The Morgan fingerprint density at radius 2 is 1.94 bits per heavy atom. The molecule has 0 radical (unpaired) electrons. The Labute approximate surface area is 179 Å². The second kappa shape index (κ2) is 8.79. The van der Waals surface area contributed by atoms with Crippen molar-refractivity contribution in [2.45, 2.75) is 56.4 Å². The van der Waals surface area contributed by atoms with Gasteiger partial charge in [0.25, 0.3) is 0 Å². The minimum Gasteiger partial charge on any atom is -0.376 e. The molecular weight excluding hydrogens is 433 g/mol. The first-order valence-corrected chi connectivity index (χ1v) is 11.7. The van der Waals surface area contributed by atoms with Gasteiger partial charge in [0.15, 0.2) is 0 Å². The number of nitrogens with one attached hydrogen (secondary N) is 1. The van der Waals surface area contributed by atoms with Crippen LogP contribution in [-0.4, -0.2) is 53.5 Å². The summed E-state index contributed by atoms with van der Waals surface area (Å²) < 4.78 is 71.4. The molecule has 1 N–H and O–H groups in total. The van der Waals surface area contributed by atoms with Crippen LogP contribution in [0.15, 0.2) is 36.8 Å². The maximum absolute atomic E-state index is 13.4. The van der Waals surface area contributed by atoms with Gasteiger partial charge in [-0.2, -0.15) is 17.5 Å². The standard InChI is InChI=1S/C20H25F3N4O3S/c21-20(22,23)31(28,29)26-10-15-5-1-4-8-19(15)27(11-16-9-24-14-25-16)17(12-26)13-30-18-6-2-3-7-18/h1,4-5,8-9,14,17-18H,2-3,6-7,10-13H2,(H,24,25)/t17-/m1/s1. The molecule has 1 fully saturated rings. The van der Waals surface area contributed by atoms with E-state index in [2.05, 4.69) is 9.97 Å². The highest BCUT2D eigenvalue weighted by Gasteiger charge is 2.51. The number of hydrogen-bond acceptors (Lipinski definition) is 5. The minimum atomic E-state index is -5.49. The zero-order chi connectivity index (χ0) is 22.1. The molecule has 1 aliphatic carbocycles. The smallest absolute Gasteiger partial charge is 0.376 e. The first-order valence-electron chi connectivity index (χ1n) is 10.3. The molecule has 0 saturated heterocycles. The maximum Gasteiger partial charge on any atom is 0.511 e. The van der Waals surface area contributed by atoms with Crippen molar-refractivity contribution >= 4 is 15.7 Å². The SMILES string of the molecule is O=S(=O)(N1Cc2ccccc2N(Cc2cnc[nH]2)[C@@H](COC2CCCC2)C1)C(F)(F)F. The Hall–Kier alpha value is -2.11. The predicted molar refractivity (Wildman–Crippen MR) is 109 cm³/mol. The van der Waals surface area contributed by atoms with E-state index in [4.69, 9.17) is 4.74 Å². The van der Waals surface area contributed by atoms with Gasteiger partial charge in [-0.15, -0.1) is 0 Å². The second-order valence-corrected chi connectivity index (χ2v) is 9.90. The normalized spacial score (nSPS) is 21.3. The summed E-state index contributed by atoms with van der Waals surface area (Å²) in [5, 5.41) is 0. The highest BCUT2D eigenvalue weighted by Crippen LogP contribution is 2.35. The maximum atomic E-state index is 13.4. The number of fused-ring (bicyclic) bond motifs is 1. The van der Waals surface area contributed by atoms with Crippen LogP contribution >= 0.6 is 0 Å². The summed E-state index contributed by atoms with van der Waals surface area (Å²) in [5.74, 6) is 0. The summed E-state index contributed by atoms with van der Waals surface area (Å²) in [6, 6.07) is 6.36. The van der Waals surface area contributed by atoms with Gasteiger partial charge in [0, 0.05) is 25.0 Å². The summed E-state index contributed by atoms with van der Waals surface area (Å²) in [7, 11) is -5.49. The van der Waals surface area contributed by atoms with E-state index in [1.807, 2.05) is 4.90 Å². The van der Waals surface area contributed by atoms with Gasteiger partial charge in [-0.05, 0) is 24.5 Å². The number of aromatic amines is 1. The second-order valence-electron chi connectivity index (χ2n) is 7.97. The zero-order valence-electron chi connectivity index (χ0n) is 16.9. The van der Waals surface area contributed by atoms with Gasteiger partial charge in [0.2, 0.25) is 0 Å². The van der Waals surface area contributed by atoms with E-state index in [9.17, 15) is 21.6 Å². The average Bonchev–Trinajstić information content (AvgIpc) is 3.39. The van der Waals surface area contributed by atoms with Crippen molar-refractivity contribution in [2.75, 3.05) is 18.1 Å². The number of anilines is 1. The van der Waals surface area contributed by atoms with Crippen molar-refractivity contribution in [1.29, 1.82) is 0 Å². The van der Waals surface area contributed by atoms with Crippen LogP contribution < -0.4 is 4.90 Å². The summed E-state index contributed by atoms with van der Waals surface area (Å²) in [5.41, 5.74) is -3.39. The number of sulfonamides is 1. The van der Waals surface area contributed by atoms with Crippen LogP contribution in [-0.2, 0) is 27.8 Å². The van der Waals surface area contributed by atoms with E-state index in [0.717, 1.165) is 31.4 Å². The number of ether oxygens (including phenoxy) is 1. The molecule has 1 atom stereocenters. The minimum absolute atomic E-state index is 0.0557. The molecule has 4 rings (SSSR count). The fraction of sp³-hybridized carbons (Fsp3) is 0.550. The number of benzene rings is 1. The van der Waals surface area contributed by atoms with Crippen LogP contribution in [0, 0.1) is 0 Å². The fourth-order valence-corrected chi connectivity index (χ4v) is 5.22. The van der Waals surface area contributed by atoms with Crippen molar-refractivity contribution < 1.29 is 26.3 Å². The number of para-hydroxylation sites is 1. The number of aromatic nitrogens is 2. The summed E-state index contributed by atoms with van der Waals surface area (Å²) in [6.45, 7) is -0.193. The third kappa shape index (κ3) is 4.73. The summed E-state index contributed by atoms with van der Waals surface area (Å²) in [4.78, 5) is 8.95. The molecule has 0 bridgehead atoms. The Bertz CT molecular complexity index is 976. The highest BCUT2D eigenvalue weighted by atomic mass is 32.2. The summed E-state index contributed by atoms with van der Waals surface area (Å²) >= 11 is 0. The molecule has 1 saturated carbocycles. The Morgan fingerprint density at radius 1 is 1.19 bits per heavy atom. The molecule has 1 aliphatic heterocycles. The third-order valence-electron chi connectivity index (χ3n) is 5.86. The molecule has 0 spiro atoms. The number of hydrogen-bond donors (Lipinski definition) is 1. The first kappa shape index (κ1) is 22.1. The van der Waals surface area contributed by atoms with Gasteiger partial charge in [-0.3, -0.25) is 0 Å². The topological polar surface area (TPSA) is 78.5 Å². The summed E-state index contributed by atoms with van der Waals surface area (Å²) in [6.07, 6.45) is 7.17. The van der Waals surface area contributed by atoms with Gasteiger partial charge in [0.05, 0.1) is 37.3 Å². The molecule has 31 heavy (non-hydrogen) atoms. The average molecular weight is 459 g/mol. The molecule has 2 aliphatic rings. The van der Waals surface area contributed by atoms with E-state index in [1.165, 1.54) is 6.33 Å². The van der Waals surface area contributed by atoms with Crippen LogP contribution in [0.25, 0.3) is 0 Å². The Balaban J connectivity index is 1.70. The van der Waals surface area contributed by atoms with Crippen LogP contribution in [0.5, 0.6) is 0 Å². The monoisotopic (exact) mass is 458 g/mol. The molecule has 0 unspecified atom stereocenters. The largest absolute Gasteiger partial charge is 0.511 e. The van der Waals surface area contributed by atoms with Crippen molar-refractivity contribution in [3.8, 4) is 0 Å². The molecule has 1 aromatic heterocycles. The number of H-pyrrole nitrogens is 1. The fourth-order valence-electron chi connectivity index (χ4n) is 4.25. The Morgan fingerprint density at radius 3 is 2.61 bits per heavy atom. The van der Waals surface area contributed by atoms with E-state index >= 15 is 0 Å². The van der Waals surface area contributed by atoms with Crippen molar-refractivity contribution in [1.82, 2.24) is 14.3 Å². The number of imidazole rings is 1. The third-order valence-corrected chi connectivity index (χ3v) is 7.40. The molecule has 2 aromatic rings. The molecule has 170 valence electrons. The number of halogens is 3. The lowest BCUT2D eigenvalue weighted by molar-refractivity contribution is -0.0495. The lowest BCUT2D eigenvalue weighted by Crippen LogP contribution is -2.49. The lowest BCUT2D eigenvalue weighted by atomic mass is 10.1. The lowest BCUT2D eigenvalue weighted by Gasteiger charge is -2.34. The number of alkyl halides is 3. The van der Waals surface area contributed by atoms with E-state index < -0.39 is 21.6 Å². The molecular formula is C20H25F3N4O3S. The Kier molecular flexibility index (Phi) is 6.27. The van der Waals surface area contributed by atoms with Crippen LogP contribution in [0.2, 0.25) is 0 Å². The zero-order valence-corrected chi connectivity index (χ0v) is 17.7. The van der Waals surface area contributed by atoms with Gasteiger partial charge in [-0.25, -0.2) is 13.4 Å². The highest BCUT2D eigenvalue weighted by molar-refractivity contribution is 7.89. The molecule has 0 amide bonds. The van der Waals surface area contributed by atoms with Gasteiger partial charge in [0.1, 0.15) is 0 Å². The van der Waals surface area contributed by atoms with Gasteiger partial charge >= 0.3 is 15.5 Å². The quantitative estimate of drug-likeness (QED) is 0.718. The van der Waals surface area contributed by atoms with Crippen LogP contribution in [0.4, 0.5) is 18.9 Å². The van der Waals surface area contributed by atoms with E-state index in [1.54, 1.807) is 30.5 Å². The molecule has 2 heterocycles. The molecule has 11 heteroatoms. The van der Waals surface area contributed by atoms with Crippen molar-refractivity contribution in [3.05, 3.63) is 48.0 Å². The van der Waals surface area contributed by atoms with E-state index in [0.29, 0.717) is 22.1 Å². The van der Waals surface area contributed by atoms with Crippen molar-refractivity contribution in [2.24, 2.45) is 0 Å². The van der Waals surface area contributed by atoms with Crippen LogP contribution in [0.3, 0.4) is 0 Å². The van der Waals surface area contributed by atoms with Crippen molar-refractivity contribution in [3.63, 3.8) is 0 Å². The van der Waals surface area contributed by atoms with E-state index in [-0.39, 0.29) is 25.8 Å². The van der Waals surface area contributed by atoms with Gasteiger partial charge < -0.3 is 14.6 Å². The number of nitrogens with zero attached hydrogens (tertiary/aromatic N) is 3. The van der Waals surface area contributed by atoms with Crippen LogP contribution in [0.1, 0.15) is 36.9 Å². The first-order chi connectivity index (χ1) is 14.8.